The highest BCUT2D eigenvalue weighted by Crippen LogP contribution is 2.30. The minimum absolute atomic E-state index is 0.0156. The Labute approximate surface area is 110 Å². The number of carbonyl (C=O) groups excluding carboxylic acids is 1. The van der Waals surface area contributed by atoms with E-state index in [1.54, 1.807) is 0 Å². The Kier molecular flexibility index (Phi) is 5.45. The van der Waals surface area contributed by atoms with E-state index in [4.69, 9.17) is 4.74 Å². The molecule has 1 unspecified atom stereocenters. The molecule has 106 valence electrons. The zero-order chi connectivity index (χ0) is 13.8. The second-order valence-electron chi connectivity index (χ2n) is 6.46. The lowest BCUT2D eigenvalue weighted by atomic mass is 9.79. The molecule has 0 aromatic carbocycles. The van der Waals surface area contributed by atoms with Crippen molar-refractivity contribution in [2.75, 3.05) is 6.61 Å². The van der Waals surface area contributed by atoms with E-state index in [1.165, 1.54) is 12.8 Å². The number of alkyl carbamates (subject to hydrolysis) is 1. The number of rotatable bonds is 3. The molecule has 0 heterocycles. The highest BCUT2D eigenvalue weighted by Gasteiger charge is 2.28. The quantitative estimate of drug-likeness (QED) is 0.817. The van der Waals surface area contributed by atoms with Crippen molar-refractivity contribution < 1.29 is 14.6 Å². The van der Waals surface area contributed by atoms with Crippen LogP contribution in [-0.2, 0) is 4.74 Å². The van der Waals surface area contributed by atoms with Crippen molar-refractivity contribution in [3.8, 4) is 0 Å². The van der Waals surface area contributed by atoms with E-state index < -0.39 is 11.7 Å². The molecule has 0 bridgehead atoms. The first-order valence-electron chi connectivity index (χ1n) is 6.92. The molecule has 1 atom stereocenters. The average molecular weight is 257 g/mol. The molecule has 4 heteroatoms. The highest BCUT2D eigenvalue weighted by atomic mass is 16.6. The van der Waals surface area contributed by atoms with Crippen LogP contribution in [0.25, 0.3) is 0 Å². The lowest BCUT2D eigenvalue weighted by Gasteiger charge is -2.32. The fraction of sp³-hybridized carbons (Fsp3) is 0.929. The Hall–Kier alpha value is -0.770. The van der Waals surface area contributed by atoms with Crippen LogP contribution in [0.4, 0.5) is 4.79 Å². The molecule has 0 spiro atoms. The Morgan fingerprint density at radius 2 is 1.89 bits per heavy atom. The zero-order valence-electron chi connectivity index (χ0n) is 12.0. The first-order valence-corrected chi connectivity index (χ1v) is 6.92. The van der Waals surface area contributed by atoms with Crippen LogP contribution in [0.5, 0.6) is 0 Å². The van der Waals surface area contributed by atoms with Crippen LogP contribution in [0.2, 0.25) is 0 Å². The lowest BCUT2D eigenvalue weighted by molar-refractivity contribution is 0.0434. The summed E-state index contributed by atoms with van der Waals surface area (Å²) in [6.45, 7) is 7.75. The van der Waals surface area contributed by atoms with Crippen LogP contribution in [0.1, 0.15) is 53.4 Å². The minimum atomic E-state index is -0.495. The first kappa shape index (κ1) is 15.3. The van der Waals surface area contributed by atoms with E-state index in [-0.39, 0.29) is 12.6 Å². The summed E-state index contributed by atoms with van der Waals surface area (Å²) < 4.78 is 5.22. The third-order valence-corrected chi connectivity index (χ3v) is 3.53. The van der Waals surface area contributed by atoms with Gasteiger partial charge in [0.25, 0.3) is 0 Å². The third-order valence-electron chi connectivity index (χ3n) is 3.53. The molecule has 1 amide bonds. The molecule has 4 nitrogen and oxygen atoms in total. The fourth-order valence-corrected chi connectivity index (χ4v) is 2.46. The topological polar surface area (TPSA) is 58.6 Å². The molecule has 0 aromatic rings. The number of nitrogens with one attached hydrogen (secondary N) is 1. The molecule has 1 aliphatic rings. The standard InChI is InChI=1S/C14H27NO3/c1-10-5-7-11(8-6-10)12(9-16)15-13(17)18-14(2,3)4/h10-12,16H,5-9H2,1-4H3,(H,15,17). The molecule has 0 radical (unpaired) electrons. The van der Waals surface area contributed by atoms with Gasteiger partial charge in [0.15, 0.2) is 0 Å². The van der Waals surface area contributed by atoms with E-state index in [1.807, 2.05) is 20.8 Å². The number of aliphatic hydroxyl groups is 1. The Morgan fingerprint density at radius 1 is 1.33 bits per heavy atom. The lowest BCUT2D eigenvalue weighted by Crippen LogP contribution is -2.46. The summed E-state index contributed by atoms with van der Waals surface area (Å²) in [4.78, 5) is 11.7. The molecule has 0 aliphatic heterocycles. The molecule has 2 N–H and O–H groups in total. The molecular formula is C14H27NO3. The molecule has 0 saturated heterocycles. The van der Waals surface area contributed by atoms with Gasteiger partial charge in [-0.05, 0) is 45.4 Å². The van der Waals surface area contributed by atoms with Gasteiger partial charge in [0.05, 0.1) is 12.6 Å². The van der Waals surface area contributed by atoms with Crippen LogP contribution < -0.4 is 5.32 Å². The summed E-state index contributed by atoms with van der Waals surface area (Å²) in [6, 6.07) is -0.174. The normalized spacial score (nSPS) is 26.5. The number of hydrogen-bond acceptors (Lipinski definition) is 3. The third kappa shape index (κ3) is 5.25. The molecule has 1 saturated carbocycles. The van der Waals surface area contributed by atoms with Gasteiger partial charge in [-0.3, -0.25) is 0 Å². The SMILES string of the molecule is CC1CCC(C(CO)NC(=O)OC(C)(C)C)CC1. The summed E-state index contributed by atoms with van der Waals surface area (Å²) >= 11 is 0. The van der Waals surface area contributed by atoms with Crippen molar-refractivity contribution in [2.45, 2.75) is 65.0 Å². The predicted octanol–water partition coefficient (Wildman–Crippen LogP) is 2.70. The van der Waals surface area contributed by atoms with Crippen molar-refractivity contribution in [1.29, 1.82) is 0 Å². The average Bonchev–Trinajstić information content (AvgIpc) is 2.25. The first-order chi connectivity index (χ1) is 8.31. The molecule has 1 fully saturated rings. The highest BCUT2D eigenvalue weighted by molar-refractivity contribution is 5.68. The number of ether oxygens (including phenoxy) is 1. The van der Waals surface area contributed by atoms with Gasteiger partial charge in [0.1, 0.15) is 5.60 Å². The van der Waals surface area contributed by atoms with E-state index in [0.29, 0.717) is 5.92 Å². The Bertz CT molecular complexity index is 265. The fourth-order valence-electron chi connectivity index (χ4n) is 2.46. The van der Waals surface area contributed by atoms with E-state index >= 15 is 0 Å². The van der Waals surface area contributed by atoms with Crippen LogP contribution >= 0.6 is 0 Å². The second-order valence-corrected chi connectivity index (χ2v) is 6.46. The largest absolute Gasteiger partial charge is 0.444 e. The van der Waals surface area contributed by atoms with Crippen LogP contribution in [-0.4, -0.2) is 29.4 Å². The summed E-state index contributed by atoms with van der Waals surface area (Å²) in [5.74, 6) is 1.14. The number of carbonyl (C=O) groups is 1. The molecular weight excluding hydrogens is 230 g/mol. The van der Waals surface area contributed by atoms with Crippen LogP contribution in [0.3, 0.4) is 0 Å². The van der Waals surface area contributed by atoms with Crippen LogP contribution in [0, 0.1) is 11.8 Å². The number of aliphatic hydroxyl groups excluding tert-OH is 1. The van der Waals surface area contributed by atoms with Gasteiger partial charge < -0.3 is 15.2 Å². The van der Waals surface area contributed by atoms with Gasteiger partial charge in [0, 0.05) is 0 Å². The van der Waals surface area contributed by atoms with Gasteiger partial charge >= 0.3 is 6.09 Å². The number of amides is 1. The predicted molar refractivity (Wildman–Crippen MR) is 71.4 cm³/mol. The minimum Gasteiger partial charge on any atom is -0.444 e. The zero-order valence-corrected chi connectivity index (χ0v) is 12.0. The summed E-state index contributed by atoms with van der Waals surface area (Å²) in [6.07, 6.45) is 4.07. The molecule has 1 aliphatic carbocycles. The van der Waals surface area contributed by atoms with Gasteiger partial charge in [0.2, 0.25) is 0 Å². The van der Waals surface area contributed by atoms with Crippen LogP contribution in [0.15, 0.2) is 0 Å². The smallest absolute Gasteiger partial charge is 0.407 e. The maximum absolute atomic E-state index is 11.7. The monoisotopic (exact) mass is 257 g/mol. The van der Waals surface area contributed by atoms with E-state index in [2.05, 4.69) is 12.2 Å². The molecule has 18 heavy (non-hydrogen) atoms. The maximum Gasteiger partial charge on any atom is 0.407 e. The summed E-state index contributed by atoms with van der Waals surface area (Å²) in [5.41, 5.74) is -0.495. The van der Waals surface area contributed by atoms with Crippen molar-refractivity contribution >= 4 is 6.09 Å². The summed E-state index contributed by atoms with van der Waals surface area (Å²) in [7, 11) is 0. The van der Waals surface area contributed by atoms with E-state index in [0.717, 1.165) is 18.8 Å². The van der Waals surface area contributed by atoms with E-state index in [9.17, 15) is 9.90 Å². The maximum atomic E-state index is 11.7. The molecule has 1 rings (SSSR count). The van der Waals surface area contributed by atoms with Crippen molar-refractivity contribution in [1.82, 2.24) is 5.32 Å². The van der Waals surface area contributed by atoms with Crippen molar-refractivity contribution in [3.05, 3.63) is 0 Å². The molecule has 0 aromatic heterocycles. The van der Waals surface area contributed by atoms with Gasteiger partial charge in [-0.2, -0.15) is 0 Å². The van der Waals surface area contributed by atoms with Crippen molar-refractivity contribution in [3.63, 3.8) is 0 Å². The van der Waals surface area contributed by atoms with Gasteiger partial charge in [-0.1, -0.05) is 19.8 Å². The second kappa shape index (κ2) is 6.41. The number of hydrogen-bond donors (Lipinski definition) is 2. The Morgan fingerprint density at radius 3 is 2.33 bits per heavy atom. The van der Waals surface area contributed by atoms with Gasteiger partial charge in [-0.25, -0.2) is 4.79 Å². The van der Waals surface area contributed by atoms with Gasteiger partial charge in [-0.15, -0.1) is 0 Å². The summed E-state index contributed by atoms with van der Waals surface area (Å²) in [5, 5.41) is 12.2. The van der Waals surface area contributed by atoms with Crippen molar-refractivity contribution in [2.24, 2.45) is 11.8 Å². The Balaban J connectivity index is 2.44.